The molecule has 4 rings (SSSR count). The first-order chi connectivity index (χ1) is 12.0. The topological polar surface area (TPSA) is 99.1 Å². The zero-order chi connectivity index (χ0) is 17.7. The van der Waals surface area contributed by atoms with Crippen LogP contribution in [0, 0.1) is 0 Å². The summed E-state index contributed by atoms with van der Waals surface area (Å²) in [7, 11) is 3.08. The Labute approximate surface area is 141 Å². The summed E-state index contributed by atoms with van der Waals surface area (Å²) in [4.78, 5) is 23.7. The van der Waals surface area contributed by atoms with Gasteiger partial charge in [-0.2, -0.15) is 0 Å². The van der Waals surface area contributed by atoms with E-state index in [4.69, 9.17) is 18.3 Å². The van der Waals surface area contributed by atoms with Crippen LogP contribution in [0.1, 0.15) is 21.5 Å². The molecule has 1 aromatic carbocycles. The number of hydrogen-bond acceptors (Lipinski definition) is 6. The molecule has 1 aliphatic carbocycles. The van der Waals surface area contributed by atoms with E-state index in [-0.39, 0.29) is 16.5 Å². The fourth-order valence-corrected chi connectivity index (χ4v) is 3.29. The number of carboxylic acids is 1. The van der Waals surface area contributed by atoms with Gasteiger partial charge >= 0.3 is 11.6 Å². The van der Waals surface area contributed by atoms with E-state index in [1.807, 2.05) is 6.07 Å². The molecule has 25 heavy (non-hydrogen) atoms. The lowest BCUT2D eigenvalue weighted by Gasteiger charge is -2.20. The maximum Gasteiger partial charge on any atom is 0.348 e. The molecule has 0 atom stereocenters. The molecule has 2 aromatic heterocycles. The average Bonchev–Trinajstić information content (AvgIpc) is 3.06. The molecule has 0 saturated carbocycles. The third-order valence-corrected chi connectivity index (χ3v) is 4.47. The second-order valence-electron chi connectivity index (χ2n) is 5.72. The van der Waals surface area contributed by atoms with E-state index in [1.165, 1.54) is 7.11 Å². The Hall–Kier alpha value is -3.22. The molecular formula is C18H14O7. The van der Waals surface area contributed by atoms with Gasteiger partial charge in [0.25, 0.3) is 0 Å². The van der Waals surface area contributed by atoms with E-state index < -0.39 is 11.6 Å². The van der Waals surface area contributed by atoms with E-state index in [0.717, 1.165) is 11.8 Å². The number of ether oxygens (including phenoxy) is 2. The number of hydrogen-bond donors (Lipinski definition) is 1. The summed E-state index contributed by atoms with van der Waals surface area (Å²) in [5.41, 5.74) is 1.70. The quantitative estimate of drug-likeness (QED) is 0.781. The minimum absolute atomic E-state index is 0.0322. The molecule has 0 bridgehead atoms. The van der Waals surface area contributed by atoms with Gasteiger partial charge in [-0.1, -0.05) is 0 Å². The molecule has 3 aromatic rings. The van der Waals surface area contributed by atoms with Crippen LogP contribution in [-0.2, 0) is 12.8 Å². The predicted octanol–water partition coefficient (Wildman–Crippen LogP) is 2.87. The van der Waals surface area contributed by atoms with Gasteiger partial charge in [0.05, 0.1) is 14.2 Å². The summed E-state index contributed by atoms with van der Waals surface area (Å²) < 4.78 is 21.5. The van der Waals surface area contributed by atoms with Crippen molar-refractivity contribution >= 4 is 16.9 Å². The van der Waals surface area contributed by atoms with Crippen LogP contribution < -0.4 is 15.1 Å². The van der Waals surface area contributed by atoms with Crippen LogP contribution >= 0.6 is 0 Å². The van der Waals surface area contributed by atoms with E-state index in [2.05, 4.69) is 0 Å². The SMILES string of the molecule is COc1cc2c(cc1OC)-c1oc(=O)c3c(C(=O)O)coc3c1CC2. The number of furan rings is 1. The molecule has 1 N–H and O–H groups in total. The standard InChI is InChI=1S/C18H14O7/c1-22-12-5-8-3-4-9-15(10(8)6-13(12)23-2)25-18(21)14-11(17(19)20)7-24-16(9)14/h5-7H,3-4H2,1-2H3,(H,19,20). The van der Waals surface area contributed by atoms with Crippen LogP contribution in [0.3, 0.4) is 0 Å². The molecule has 0 amide bonds. The molecule has 128 valence electrons. The van der Waals surface area contributed by atoms with Crippen molar-refractivity contribution in [1.29, 1.82) is 0 Å². The molecule has 0 fully saturated rings. The van der Waals surface area contributed by atoms with Gasteiger partial charge in [0.1, 0.15) is 28.6 Å². The summed E-state index contributed by atoms with van der Waals surface area (Å²) >= 11 is 0. The summed E-state index contributed by atoms with van der Waals surface area (Å²) in [5, 5.41) is 9.18. The number of fused-ring (bicyclic) bond motifs is 5. The highest BCUT2D eigenvalue weighted by molar-refractivity contribution is 6.03. The van der Waals surface area contributed by atoms with Crippen molar-refractivity contribution in [1.82, 2.24) is 0 Å². The molecule has 0 saturated heterocycles. The first kappa shape index (κ1) is 15.3. The lowest BCUT2D eigenvalue weighted by Crippen LogP contribution is -2.12. The van der Waals surface area contributed by atoms with E-state index in [1.54, 1.807) is 13.2 Å². The van der Waals surface area contributed by atoms with E-state index >= 15 is 0 Å². The maximum atomic E-state index is 12.4. The molecule has 0 aliphatic heterocycles. The third kappa shape index (κ3) is 2.12. The number of methoxy groups -OCH3 is 2. The van der Waals surface area contributed by atoms with Gasteiger partial charge in [-0.25, -0.2) is 9.59 Å². The van der Waals surface area contributed by atoms with Gasteiger partial charge in [0.15, 0.2) is 11.5 Å². The van der Waals surface area contributed by atoms with Crippen molar-refractivity contribution in [2.75, 3.05) is 14.2 Å². The monoisotopic (exact) mass is 342 g/mol. The van der Waals surface area contributed by atoms with Crippen LogP contribution in [0.4, 0.5) is 0 Å². The van der Waals surface area contributed by atoms with Gasteiger partial charge in [0, 0.05) is 11.1 Å². The predicted molar refractivity (Wildman–Crippen MR) is 87.7 cm³/mol. The van der Waals surface area contributed by atoms with E-state index in [9.17, 15) is 14.7 Å². The summed E-state index contributed by atoms with van der Waals surface area (Å²) in [6, 6.07) is 3.61. The maximum absolute atomic E-state index is 12.4. The lowest BCUT2D eigenvalue weighted by atomic mass is 9.88. The highest BCUT2D eigenvalue weighted by atomic mass is 16.5. The number of benzene rings is 1. The highest BCUT2D eigenvalue weighted by Gasteiger charge is 2.28. The lowest BCUT2D eigenvalue weighted by molar-refractivity contribution is 0.0697. The fraction of sp³-hybridized carbons (Fsp3) is 0.222. The van der Waals surface area contributed by atoms with Crippen molar-refractivity contribution in [2.24, 2.45) is 0 Å². The average molecular weight is 342 g/mol. The minimum Gasteiger partial charge on any atom is -0.493 e. The molecule has 7 heteroatoms. The molecule has 2 heterocycles. The van der Waals surface area contributed by atoms with Crippen molar-refractivity contribution < 1.29 is 28.2 Å². The van der Waals surface area contributed by atoms with Crippen LogP contribution in [0.25, 0.3) is 22.3 Å². The van der Waals surface area contributed by atoms with Crippen LogP contribution in [0.2, 0.25) is 0 Å². The Morgan fingerprint density at radius 2 is 1.88 bits per heavy atom. The Kier molecular flexibility index (Phi) is 3.31. The highest BCUT2D eigenvalue weighted by Crippen LogP contribution is 2.42. The number of aryl methyl sites for hydroxylation is 2. The molecule has 7 nitrogen and oxygen atoms in total. The van der Waals surface area contributed by atoms with Gasteiger partial charge in [-0.3, -0.25) is 0 Å². The first-order valence-corrected chi connectivity index (χ1v) is 7.61. The summed E-state index contributed by atoms with van der Waals surface area (Å²) in [6.07, 6.45) is 2.31. The Balaban J connectivity index is 2.03. The first-order valence-electron chi connectivity index (χ1n) is 7.61. The third-order valence-electron chi connectivity index (χ3n) is 4.47. The van der Waals surface area contributed by atoms with Crippen molar-refractivity contribution in [3.63, 3.8) is 0 Å². The number of rotatable bonds is 3. The number of carboxylic acid groups (broad SMARTS) is 1. The Morgan fingerprint density at radius 3 is 2.56 bits per heavy atom. The van der Waals surface area contributed by atoms with Crippen LogP contribution in [0.5, 0.6) is 11.5 Å². The van der Waals surface area contributed by atoms with Crippen LogP contribution in [0.15, 0.2) is 32.0 Å². The molecule has 0 radical (unpaired) electrons. The Morgan fingerprint density at radius 1 is 1.16 bits per heavy atom. The largest absolute Gasteiger partial charge is 0.493 e. The number of aromatic carboxylic acids is 1. The van der Waals surface area contributed by atoms with Gasteiger partial charge in [-0.05, 0) is 30.5 Å². The molecule has 0 spiro atoms. The second kappa shape index (κ2) is 5.41. The second-order valence-corrected chi connectivity index (χ2v) is 5.72. The van der Waals surface area contributed by atoms with E-state index in [0.29, 0.717) is 41.2 Å². The minimum atomic E-state index is -1.23. The van der Waals surface area contributed by atoms with Crippen molar-refractivity contribution in [3.05, 3.63) is 45.5 Å². The molecule has 1 aliphatic rings. The molecule has 0 unspecified atom stereocenters. The van der Waals surface area contributed by atoms with Crippen molar-refractivity contribution in [3.8, 4) is 22.8 Å². The molecular weight excluding hydrogens is 328 g/mol. The normalized spacial score (nSPS) is 12.6. The summed E-state index contributed by atoms with van der Waals surface area (Å²) in [6.45, 7) is 0. The summed E-state index contributed by atoms with van der Waals surface area (Å²) in [5.74, 6) is 0.265. The van der Waals surface area contributed by atoms with Gasteiger partial charge in [-0.15, -0.1) is 0 Å². The van der Waals surface area contributed by atoms with Gasteiger partial charge in [0.2, 0.25) is 0 Å². The smallest absolute Gasteiger partial charge is 0.348 e. The van der Waals surface area contributed by atoms with Crippen LogP contribution in [-0.4, -0.2) is 25.3 Å². The zero-order valence-corrected chi connectivity index (χ0v) is 13.5. The number of carbonyl (C=O) groups is 1. The fourth-order valence-electron chi connectivity index (χ4n) is 3.29. The zero-order valence-electron chi connectivity index (χ0n) is 13.5. The van der Waals surface area contributed by atoms with Crippen molar-refractivity contribution in [2.45, 2.75) is 12.8 Å². The Bertz CT molecular complexity index is 1070. The van der Waals surface area contributed by atoms with Gasteiger partial charge < -0.3 is 23.4 Å².